The van der Waals surface area contributed by atoms with E-state index in [0.29, 0.717) is 19.6 Å². The van der Waals surface area contributed by atoms with Crippen molar-refractivity contribution in [3.05, 3.63) is 0 Å². The monoisotopic (exact) mass is 230 g/mol. The Morgan fingerprint density at radius 1 is 1.69 bits per heavy atom. The van der Waals surface area contributed by atoms with E-state index in [-0.39, 0.29) is 11.9 Å². The highest BCUT2D eigenvalue weighted by Crippen LogP contribution is 2.09. The summed E-state index contributed by atoms with van der Waals surface area (Å²) in [5, 5.41) is 15.5. The molecule has 1 saturated heterocycles. The molecular formula is C11H22N2O3. The van der Waals surface area contributed by atoms with Crippen LogP contribution in [0, 0.1) is 0 Å². The summed E-state index contributed by atoms with van der Waals surface area (Å²) in [7, 11) is 0. The zero-order valence-electron chi connectivity index (χ0n) is 10.2. The summed E-state index contributed by atoms with van der Waals surface area (Å²) in [6.07, 6.45) is -0.192. The van der Waals surface area contributed by atoms with Gasteiger partial charge in [0.25, 0.3) is 0 Å². The van der Waals surface area contributed by atoms with Crippen LogP contribution in [-0.2, 0) is 9.53 Å². The lowest BCUT2D eigenvalue weighted by Crippen LogP contribution is -2.53. The van der Waals surface area contributed by atoms with E-state index in [9.17, 15) is 9.90 Å². The van der Waals surface area contributed by atoms with Gasteiger partial charge in [-0.2, -0.15) is 0 Å². The Bertz CT molecular complexity index is 235. The second-order valence-electron chi connectivity index (χ2n) is 4.88. The molecule has 1 amide bonds. The Kier molecular flexibility index (Phi) is 4.70. The molecule has 0 bridgehead atoms. The first-order chi connectivity index (χ1) is 7.42. The molecule has 2 atom stereocenters. The maximum absolute atomic E-state index is 11.7. The molecule has 0 aromatic carbocycles. The van der Waals surface area contributed by atoms with Crippen LogP contribution in [0.2, 0.25) is 0 Å². The minimum atomic E-state index is -0.591. The lowest BCUT2D eigenvalue weighted by molar-refractivity contribution is -0.125. The van der Waals surface area contributed by atoms with Crippen LogP contribution < -0.4 is 10.6 Å². The van der Waals surface area contributed by atoms with Crippen molar-refractivity contribution in [2.24, 2.45) is 0 Å². The molecule has 0 spiro atoms. The molecule has 16 heavy (non-hydrogen) atoms. The van der Waals surface area contributed by atoms with Crippen molar-refractivity contribution in [3.63, 3.8) is 0 Å². The summed E-state index contributed by atoms with van der Waals surface area (Å²) in [6, 6.07) is 0.0820. The Morgan fingerprint density at radius 3 is 2.88 bits per heavy atom. The van der Waals surface area contributed by atoms with Crippen molar-refractivity contribution in [2.75, 3.05) is 19.8 Å². The van der Waals surface area contributed by atoms with Crippen LogP contribution in [0.1, 0.15) is 27.2 Å². The summed E-state index contributed by atoms with van der Waals surface area (Å²) in [6.45, 7) is 7.35. The van der Waals surface area contributed by atoms with Crippen LogP contribution in [0.5, 0.6) is 0 Å². The van der Waals surface area contributed by atoms with Gasteiger partial charge in [0.2, 0.25) is 5.91 Å². The highest BCUT2D eigenvalue weighted by Gasteiger charge is 2.27. The number of ether oxygens (including phenoxy) is 1. The van der Waals surface area contributed by atoms with Crippen molar-refractivity contribution < 1.29 is 14.6 Å². The van der Waals surface area contributed by atoms with Gasteiger partial charge in [0.15, 0.2) is 0 Å². The molecule has 1 heterocycles. The molecular weight excluding hydrogens is 208 g/mol. The molecule has 1 aliphatic heterocycles. The summed E-state index contributed by atoms with van der Waals surface area (Å²) in [5.74, 6) is -0.0612. The normalized spacial score (nSPS) is 23.9. The zero-order chi connectivity index (χ0) is 12.2. The number of hydrogen-bond acceptors (Lipinski definition) is 4. The predicted octanol–water partition coefficient (Wildman–Crippen LogP) is -0.359. The lowest BCUT2D eigenvalue weighted by atomic mass is 9.98. The van der Waals surface area contributed by atoms with E-state index in [1.807, 2.05) is 0 Å². The average Bonchev–Trinajstić information content (AvgIpc) is 2.17. The molecule has 1 rings (SSSR count). The first-order valence-corrected chi connectivity index (χ1v) is 5.72. The predicted molar refractivity (Wildman–Crippen MR) is 61.1 cm³/mol. The van der Waals surface area contributed by atoms with Gasteiger partial charge in [-0.3, -0.25) is 4.79 Å². The molecule has 5 nitrogen and oxygen atoms in total. The first kappa shape index (κ1) is 13.4. The maximum Gasteiger partial charge on any atom is 0.222 e. The van der Waals surface area contributed by atoms with Crippen LogP contribution in [0.4, 0.5) is 0 Å². The second kappa shape index (κ2) is 5.61. The molecule has 0 aliphatic carbocycles. The summed E-state index contributed by atoms with van der Waals surface area (Å²) in [5.41, 5.74) is -0.591. The van der Waals surface area contributed by atoms with Crippen LogP contribution in [0.15, 0.2) is 0 Å². The molecule has 1 aliphatic rings. The molecule has 3 N–H and O–H groups in total. The number of aliphatic hydroxyl groups excluding tert-OH is 1. The van der Waals surface area contributed by atoms with Gasteiger partial charge in [-0.1, -0.05) is 0 Å². The molecule has 2 unspecified atom stereocenters. The van der Waals surface area contributed by atoms with Crippen molar-refractivity contribution in [3.8, 4) is 0 Å². The van der Waals surface area contributed by atoms with E-state index in [1.165, 1.54) is 0 Å². The average molecular weight is 230 g/mol. The van der Waals surface area contributed by atoms with Gasteiger partial charge in [0.1, 0.15) is 0 Å². The van der Waals surface area contributed by atoms with Gasteiger partial charge in [-0.15, -0.1) is 0 Å². The minimum Gasteiger partial charge on any atom is -0.391 e. The maximum atomic E-state index is 11.7. The largest absolute Gasteiger partial charge is 0.391 e. The number of amides is 1. The van der Waals surface area contributed by atoms with Gasteiger partial charge in [0, 0.05) is 19.0 Å². The fourth-order valence-corrected chi connectivity index (χ4v) is 1.49. The third-order valence-corrected chi connectivity index (χ3v) is 2.94. The molecule has 0 aromatic rings. The molecule has 5 heteroatoms. The molecule has 0 aromatic heterocycles. The van der Waals surface area contributed by atoms with Crippen molar-refractivity contribution in [2.45, 2.75) is 44.9 Å². The van der Waals surface area contributed by atoms with E-state index in [4.69, 9.17) is 4.74 Å². The number of morpholine rings is 1. The molecule has 0 saturated carbocycles. The van der Waals surface area contributed by atoms with Gasteiger partial charge in [0.05, 0.1) is 24.9 Å². The highest BCUT2D eigenvalue weighted by molar-refractivity contribution is 5.77. The van der Waals surface area contributed by atoms with E-state index >= 15 is 0 Å². The molecule has 1 fully saturated rings. The highest BCUT2D eigenvalue weighted by atomic mass is 16.5. The SMILES string of the molecule is CC(O)C(C)(C)NC(=O)CC1COCCN1. The third kappa shape index (κ3) is 4.08. The van der Waals surface area contributed by atoms with Crippen molar-refractivity contribution in [1.29, 1.82) is 0 Å². The smallest absolute Gasteiger partial charge is 0.222 e. The Balaban J connectivity index is 2.34. The van der Waals surface area contributed by atoms with Crippen LogP contribution in [0.3, 0.4) is 0 Å². The van der Waals surface area contributed by atoms with Gasteiger partial charge in [-0.25, -0.2) is 0 Å². The number of rotatable bonds is 4. The lowest BCUT2D eigenvalue weighted by Gasteiger charge is -2.31. The Hall–Kier alpha value is -0.650. The summed E-state index contributed by atoms with van der Waals surface area (Å²) in [4.78, 5) is 11.7. The minimum absolute atomic E-state index is 0.0612. The topological polar surface area (TPSA) is 70.6 Å². The number of hydrogen-bond donors (Lipinski definition) is 3. The fraction of sp³-hybridized carbons (Fsp3) is 0.909. The quantitative estimate of drug-likeness (QED) is 0.617. The van der Waals surface area contributed by atoms with E-state index < -0.39 is 11.6 Å². The molecule has 0 radical (unpaired) electrons. The Morgan fingerprint density at radius 2 is 2.38 bits per heavy atom. The number of carbonyl (C=O) groups is 1. The number of aliphatic hydroxyl groups is 1. The fourth-order valence-electron chi connectivity index (χ4n) is 1.49. The van der Waals surface area contributed by atoms with Gasteiger partial charge < -0.3 is 20.5 Å². The van der Waals surface area contributed by atoms with Gasteiger partial charge >= 0.3 is 0 Å². The van der Waals surface area contributed by atoms with Gasteiger partial charge in [-0.05, 0) is 20.8 Å². The van der Waals surface area contributed by atoms with Crippen LogP contribution in [-0.4, -0.2) is 48.5 Å². The van der Waals surface area contributed by atoms with Crippen molar-refractivity contribution >= 4 is 5.91 Å². The summed E-state index contributed by atoms with van der Waals surface area (Å²) < 4.78 is 5.27. The summed E-state index contributed by atoms with van der Waals surface area (Å²) >= 11 is 0. The van der Waals surface area contributed by atoms with E-state index in [1.54, 1.807) is 20.8 Å². The number of nitrogens with one attached hydrogen (secondary N) is 2. The molecule has 94 valence electrons. The number of carbonyl (C=O) groups excluding carboxylic acids is 1. The van der Waals surface area contributed by atoms with E-state index in [2.05, 4.69) is 10.6 Å². The van der Waals surface area contributed by atoms with E-state index in [0.717, 1.165) is 6.54 Å². The third-order valence-electron chi connectivity index (χ3n) is 2.94. The van der Waals surface area contributed by atoms with Crippen LogP contribution >= 0.6 is 0 Å². The van der Waals surface area contributed by atoms with Crippen molar-refractivity contribution in [1.82, 2.24) is 10.6 Å². The zero-order valence-corrected chi connectivity index (χ0v) is 10.2. The second-order valence-corrected chi connectivity index (χ2v) is 4.88. The van der Waals surface area contributed by atoms with Crippen LogP contribution in [0.25, 0.3) is 0 Å². The Labute approximate surface area is 96.6 Å². The standard InChI is InChI=1S/C11H22N2O3/c1-8(14)11(2,3)13-10(15)6-9-7-16-5-4-12-9/h8-9,12,14H,4-7H2,1-3H3,(H,13,15). The first-order valence-electron chi connectivity index (χ1n) is 5.72.